The van der Waals surface area contributed by atoms with Crippen LogP contribution < -0.4 is 0 Å². The van der Waals surface area contributed by atoms with Crippen molar-refractivity contribution in [2.75, 3.05) is 0 Å². The van der Waals surface area contributed by atoms with Gasteiger partial charge in [0, 0.05) is 0 Å². The van der Waals surface area contributed by atoms with E-state index in [2.05, 4.69) is 86.7 Å². The predicted octanol–water partition coefficient (Wildman–Crippen LogP) is 7.50. The minimum atomic E-state index is -4.30. The molecule has 24 heavy (non-hydrogen) atoms. The first-order valence-electron chi connectivity index (χ1n) is 8.55. The van der Waals surface area contributed by atoms with Gasteiger partial charge in [-0.2, -0.15) is 0 Å². The van der Waals surface area contributed by atoms with E-state index in [9.17, 15) is 0 Å². The third-order valence-corrected chi connectivity index (χ3v) is 30.3. The zero-order chi connectivity index (χ0) is 17.0. The van der Waals surface area contributed by atoms with Crippen molar-refractivity contribution in [1.29, 1.82) is 0 Å². The van der Waals surface area contributed by atoms with Gasteiger partial charge in [-0.3, -0.25) is 0 Å². The van der Waals surface area contributed by atoms with E-state index in [1.165, 1.54) is 22.3 Å². The van der Waals surface area contributed by atoms with Crippen molar-refractivity contribution in [3.63, 3.8) is 0 Å². The van der Waals surface area contributed by atoms with E-state index in [-0.39, 0.29) is 10.9 Å². The predicted molar refractivity (Wildman–Crippen MR) is 103 cm³/mol. The Labute approximate surface area is 152 Å². The molecule has 2 aromatic rings. The Balaban J connectivity index is 2.04. The molecule has 0 aromatic heterocycles. The second kappa shape index (κ2) is 5.70. The summed E-state index contributed by atoms with van der Waals surface area (Å²) >= 11 is -4.30. The number of benzene rings is 2. The molecule has 2 aliphatic carbocycles. The summed E-state index contributed by atoms with van der Waals surface area (Å²) in [6.07, 6.45) is 8.62. The summed E-state index contributed by atoms with van der Waals surface area (Å²) in [5.74, 6) is 0. The number of halogens is 2. The first-order valence-corrected chi connectivity index (χ1v) is 19.1. The van der Waals surface area contributed by atoms with Gasteiger partial charge in [-0.15, -0.1) is 0 Å². The summed E-state index contributed by atoms with van der Waals surface area (Å²) in [6.45, 7) is 4.43. The summed E-state index contributed by atoms with van der Waals surface area (Å²) < 4.78 is 0.593. The van der Waals surface area contributed by atoms with Gasteiger partial charge in [0.15, 0.2) is 0 Å². The SMILES string of the molecule is C[CH](C)[Zr]([Cl])([Cl])([CH]1C=CC=C1)[CH]1c2ccccc2-c2ccccc21. The fourth-order valence-electron chi connectivity index (χ4n) is 4.46. The third-order valence-electron chi connectivity index (χ3n) is 5.87. The van der Waals surface area contributed by atoms with Gasteiger partial charge in [-0.25, -0.2) is 0 Å². The molecular formula is C21H21Cl2Zr. The molecule has 2 aromatic carbocycles. The van der Waals surface area contributed by atoms with Gasteiger partial charge in [0.05, 0.1) is 0 Å². The molecule has 0 fully saturated rings. The van der Waals surface area contributed by atoms with Crippen molar-refractivity contribution in [3.8, 4) is 11.1 Å². The fraction of sp³-hybridized carbons (Fsp3) is 0.238. The van der Waals surface area contributed by atoms with E-state index in [1.807, 2.05) is 0 Å². The van der Waals surface area contributed by atoms with Crippen molar-refractivity contribution in [3.05, 3.63) is 84.0 Å². The van der Waals surface area contributed by atoms with Crippen molar-refractivity contribution in [1.82, 2.24) is 0 Å². The zero-order valence-electron chi connectivity index (χ0n) is 13.9. The Bertz CT molecular complexity index is 806. The Hall–Kier alpha value is -0.617. The quantitative estimate of drug-likeness (QED) is 0.468. The third kappa shape index (κ3) is 2.14. The molecule has 0 heterocycles. The van der Waals surface area contributed by atoms with Gasteiger partial charge in [0.2, 0.25) is 0 Å². The van der Waals surface area contributed by atoms with Gasteiger partial charge in [0.1, 0.15) is 0 Å². The second-order valence-corrected chi connectivity index (χ2v) is 30.3. The first-order chi connectivity index (χ1) is 11.4. The van der Waals surface area contributed by atoms with Crippen LogP contribution in [0.3, 0.4) is 0 Å². The molecule has 3 heteroatoms. The molecule has 0 saturated heterocycles. The maximum absolute atomic E-state index is 7.67. The van der Waals surface area contributed by atoms with Crippen LogP contribution in [-0.4, -0.2) is 0 Å². The van der Waals surface area contributed by atoms with Crippen molar-refractivity contribution in [2.24, 2.45) is 0 Å². The molecule has 0 bridgehead atoms. The molecule has 0 unspecified atom stereocenters. The van der Waals surface area contributed by atoms with E-state index in [1.54, 1.807) is 0 Å². The summed E-state index contributed by atoms with van der Waals surface area (Å²) in [4.78, 5) is 0. The molecule has 0 atom stereocenters. The number of allylic oxidation sites excluding steroid dienone is 4. The summed E-state index contributed by atoms with van der Waals surface area (Å²) in [5.41, 5.74) is 5.23. The van der Waals surface area contributed by atoms with Crippen LogP contribution in [-0.2, 0) is 16.4 Å². The van der Waals surface area contributed by atoms with Crippen LogP contribution in [0.2, 0.25) is 7.25 Å². The van der Waals surface area contributed by atoms with E-state index in [4.69, 9.17) is 17.0 Å². The van der Waals surface area contributed by atoms with Gasteiger partial charge >= 0.3 is 153 Å². The number of rotatable bonds is 3. The molecule has 4 rings (SSSR count). The first kappa shape index (κ1) is 16.8. The standard InChI is InChI=1S/C13H9.C5H5.C3H7.2ClH.Zr/c1-3-7-12-10(5-1)9-11-6-2-4-8-13(11)12;1-2-4-5-3-1;1-3-2;;;/h1-9H;1-5H;3H,1-2H3;2*1H;/q;;;;;+2/p-2. The molecule has 0 saturated carbocycles. The van der Waals surface area contributed by atoms with E-state index in [0.29, 0.717) is 0 Å². The van der Waals surface area contributed by atoms with Gasteiger partial charge in [-0.05, 0) is 0 Å². The maximum atomic E-state index is 7.67. The Morgan fingerprint density at radius 1 is 0.792 bits per heavy atom. The molecule has 0 radical (unpaired) electrons. The molecule has 0 N–H and O–H groups in total. The zero-order valence-corrected chi connectivity index (χ0v) is 17.9. The van der Waals surface area contributed by atoms with Crippen LogP contribution in [0.1, 0.15) is 28.6 Å². The van der Waals surface area contributed by atoms with Gasteiger partial charge in [0.25, 0.3) is 0 Å². The minimum absolute atomic E-state index is 0.138. The van der Waals surface area contributed by atoms with Crippen LogP contribution in [0.15, 0.2) is 72.8 Å². The van der Waals surface area contributed by atoms with Crippen molar-refractivity contribution >= 4 is 17.0 Å². The van der Waals surface area contributed by atoms with E-state index < -0.39 is 16.4 Å². The summed E-state index contributed by atoms with van der Waals surface area (Å²) in [6, 6.07) is 17.3. The summed E-state index contributed by atoms with van der Waals surface area (Å²) in [5, 5.41) is 0. The van der Waals surface area contributed by atoms with Crippen LogP contribution in [0, 0.1) is 0 Å². The van der Waals surface area contributed by atoms with E-state index >= 15 is 0 Å². The van der Waals surface area contributed by atoms with Gasteiger partial charge < -0.3 is 0 Å². The number of fused-ring (bicyclic) bond motifs is 3. The monoisotopic (exact) mass is 433 g/mol. The van der Waals surface area contributed by atoms with E-state index in [0.717, 1.165) is 0 Å². The molecular weight excluding hydrogens is 414 g/mol. The molecule has 2 aliphatic rings. The second-order valence-electron chi connectivity index (χ2n) is 7.28. The number of hydrogen-bond donors (Lipinski definition) is 0. The van der Waals surface area contributed by atoms with Crippen LogP contribution in [0.4, 0.5) is 0 Å². The molecule has 0 spiro atoms. The van der Waals surface area contributed by atoms with Crippen molar-refractivity contribution < 1.29 is 16.4 Å². The van der Waals surface area contributed by atoms with Crippen LogP contribution in [0.5, 0.6) is 0 Å². The van der Waals surface area contributed by atoms with Crippen LogP contribution in [0.25, 0.3) is 11.1 Å². The molecule has 123 valence electrons. The Kier molecular flexibility index (Phi) is 4.00. The summed E-state index contributed by atoms with van der Waals surface area (Å²) in [7, 11) is 15.3. The topological polar surface area (TPSA) is 0 Å². The molecule has 0 amide bonds. The average Bonchev–Trinajstić information content (AvgIpc) is 3.22. The normalized spacial score (nSPS) is 18.6. The van der Waals surface area contributed by atoms with Crippen LogP contribution >= 0.6 is 17.0 Å². The van der Waals surface area contributed by atoms with Gasteiger partial charge in [-0.1, -0.05) is 0 Å². The van der Waals surface area contributed by atoms with Crippen molar-refractivity contribution in [2.45, 2.75) is 24.7 Å². The number of hydrogen-bond acceptors (Lipinski definition) is 0. The fourth-order valence-corrected chi connectivity index (χ4v) is 20.0. The Morgan fingerprint density at radius 3 is 1.71 bits per heavy atom. The Morgan fingerprint density at radius 2 is 1.25 bits per heavy atom. The molecule has 0 nitrogen and oxygen atoms in total. The average molecular weight is 436 g/mol. The molecule has 0 aliphatic heterocycles.